The summed E-state index contributed by atoms with van der Waals surface area (Å²) in [6, 6.07) is 19.6. The van der Waals surface area contributed by atoms with E-state index in [1.165, 1.54) is 12.1 Å². The summed E-state index contributed by atoms with van der Waals surface area (Å²) in [5.74, 6) is -1.23. The number of nitro groups is 1. The van der Waals surface area contributed by atoms with Gasteiger partial charge in [0.15, 0.2) is 5.58 Å². The van der Waals surface area contributed by atoms with Crippen LogP contribution in [0.5, 0.6) is 5.75 Å². The standard InChI is InChI=1S/C22H13N3O6/c23-12-14-1-3-15(4-2-14)16-5-8-18(9-6-16)30-21(26)13-24-19-10-7-17(25(28)29)11-20(19)31-22(24)27/h1-11H,13H2. The van der Waals surface area contributed by atoms with Gasteiger partial charge < -0.3 is 9.15 Å². The number of benzene rings is 3. The molecule has 0 aliphatic heterocycles. The lowest BCUT2D eigenvalue weighted by atomic mass is 10.0. The van der Waals surface area contributed by atoms with Crippen molar-refractivity contribution in [3.8, 4) is 22.9 Å². The second-order valence-electron chi connectivity index (χ2n) is 6.55. The molecule has 31 heavy (non-hydrogen) atoms. The van der Waals surface area contributed by atoms with Gasteiger partial charge in [-0.15, -0.1) is 0 Å². The van der Waals surface area contributed by atoms with Crippen LogP contribution in [0.25, 0.3) is 22.2 Å². The first-order chi connectivity index (χ1) is 14.9. The predicted octanol–water partition coefficient (Wildman–Crippen LogP) is 3.65. The van der Waals surface area contributed by atoms with Crippen LogP contribution < -0.4 is 10.5 Å². The molecule has 0 fully saturated rings. The van der Waals surface area contributed by atoms with Gasteiger partial charge in [0.05, 0.1) is 28.1 Å². The van der Waals surface area contributed by atoms with Crippen LogP contribution in [-0.4, -0.2) is 15.5 Å². The molecule has 9 heteroatoms. The molecule has 3 aromatic carbocycles. The number of fused-ring (bicyclic) bond motifs is 1. The van der Waals surface area contributed by atoms with Gasteiger partial charge in [-0.25, -0.2) is 9.59 Å². The first kappa shape index (κ1) is 19.6. The quantitative estimate of drug-likeness (QED) is 0.211. The van der Waals surface area contributed by atoms with E-state index in [9.17, 15) is 19.7 Å². The van der Waals surface area contributed by atoms with Crippen molar-refractivity contribution in [1.29, 1.82) is 5.26 Å². The Morgan fingerprint density at radius 3 is 2.32 bits per heavy atom. The highest BCUT2D eigenvalue weighted by Gasteiger charge is 2.17. The maximum absolute atomic E-state index is 12.3. The second kappa shape index (κ2) is 7.96. The van der Waals surface area contributed by atoms with Crippen LogP contribution in [0.4, 0.5) is 5.69 Å². The molecule has 4 aromatic rings. The highest BCUT2D eigenvalue weighted by atomic mass is 16.6. The predicted molar refractivity (Wildman–Crippen MR) is 109 cm³/mol. The Kier molecular flexibility index (Phi) is 5.03. The third-order valence-electron chi connectivity index (χ3n) is 4.58. The normalized spacial score (nSPS) is 10.5. The molecule has 0 amide bonds. The minimum Gasteiger partial charge on any atom is -0.425 e. The third-order valence-corrected chi connectivity index (χ3v) is 4.58. The average Bonchev–Trinajstić information content (AvgIpc) is 3.08. The SMILES string of the molecule is N#Cc1ccc(-c2ccc(OC(=O)Cn3c(=O)oc4cc([N+](=O)[O-])ccc43)cc2)cc1. The molecule has 9 nitrogen and oxygen atoms in total. The number of nitro benzene ring substituents is 1. The van der Waals surface area contributed by atoms with Crippen LogP contribution in [0.1, 0.15) is 5.56 Å². The lowest BCUT2D eigenvalue weighted by Gasteiger charge is -2.07. The van der Waals surface area contributed by atoms with E-state index >= 15 is 0 Å². The zero-order chi connectivity index (χ0) is 22.0. The lowest BCUT2D eigenvalue weighted by molar-refractivity contribution is -0.384. The molecule has 1 aromatic heterocycles. The molecular weight excluding hydrogens is 402 g/mol. The maximum Gasteiger partial charge on any atom is 0.420 e. The molecule has 0 unspecified atom stereocenters. The molecule has 0 bridgehead atoms. The average molecular weight is 415 g/mol. The monoisotopic (exact) mass is 415 g/mol. The zero-order valence-corrected chi connectivity index (χ0v) is 15.8. The van der Waals surface area contributed by atoms with Gasteiger partial charge in [-0.2, -0.15) is 5.26 Å². The molecule has 1 heterocycles. The van der Waals surface area contributed by atoms with Gasteiger partial charge in [0, 0.05) is 6.07 Å². The molecule has 0 spiro atoms. The summed E-state index contributed by atoms with van der Waals surface area (Å²) >= 11 is 0. The van der Waals surface area contributed by atoms with Crippen LogP contribution in [0.3, 0.4) is 0 Å². The molecular formula is C22H13N3O6. The minimum atomic E-state index is -0.816. The molecule has 0 N–H and O–H groups in total. The van der Waals surface area contributed by atoms with E-state index in [1.807, 2.05) is 12.1 Å². The lowest BCUT2D eigenvalue weighted by Crippen LogP contribution is -2.23. The van der Waals surface area contributed by atoms with E-state index in [-0.39, 0.29) is 16.8 Å². The summed E-state index contributed by atoms with van der Waals surface area (Å²) in [5.41, 5.74) is 2.39. The van der Waals surface area contributed by atoms with E-state index in [1.54, 1.807) is 36.4 Å². The summed E-state index contributed by atoms with van der Waals surface area (Å²) in [4.78, 5) is 34.6. The summed E-state index contributed by atoms with van der Waals surface area (Å²) < 4.78 is 11.3. The van der Waals surface area contributed by atoms with Crippen molar-refractivity contribution >= 4 is 22.8 Å². The van der Waals surface area contributed by atoms with Gasteiger partial charge in [-0.3, -0.25) is 14.7 Å². The van der Waals surface area contributed by atoms with Crippen molar-refractivity contribution in [2.75, 3.05) is 0 Å². The van der Waals surface area contributed by atoms with Crippen LogP contribution in [0, 0.1) is 21.4 Å². The Morgan fingerprint density at radius 2 is 1.71 bits per heavy atom. The maximum atomic E-state index is 12.3. The van der Waals surface area contributed by atoms with Crippen LogP contribution in [0.15, 0.2) is 75.9 Å². The number of aromatic nitrogens is 1. The molecule has 0 aliphatic rings. The number of ether oxygens (including phenoxy) is 1. The number of rotatable bonds is 5. The molecule has 0 radical (unpaired) electrons. The van der Waals surface area contributed by atoms with Gasteiger partial charge in [0.25, 0.3) is 5.69 Å². The van der Waals surface area contributed by atoms with Crippen molar-refractivity contribution in [3.05, 3.63) is 93.0 Å². The number of esters is 1. The topological polar surface area (TPSA) is 128 Å². The van der Waals surface area contributed by atoms with Crippen LogP contribution in [0.2, 0.25) is 0 Å². The van der Waals surface area contributed by atoms with Gasteiger partial charge in [0.1, 0.15) is 12.3 Å². The van der Waals surface area contributed by atoms with Crippen molar-refractivity contribution in [1.82, 2.24) is 4.57 Å². The molecule has 0 atom stereocenters. The smallest absolute Gasteiger partial charge is 0.420 e. The Labute approximate surface area is 174 Å². The summed E-state index contributed by atoms with van der Waals surface area (Å²) in [6.45, 7) is -0.416. The summed E-state index contributed by atoms with van der Waals surface area (Å²) in [7, 11) is 0. The number of non-ortho nitro benzene ring substituents is 1. The van der Waals surface area contributed by atoms with E-state index in [0.29, 0.717) is 11.3 Å². The first-order valence-electron chi connectivity index (χ1n) is 9.03. The Bertz CT molecular complexity index is 1390. The Balaban J connectivity index is 1.49. The van der Waals surface area contributed by atoms with Gasteiger partial charge in [-0.1, -0.05) is 24.3 Å². The fraction of sp³-hybridized carbons (Fsp3) is 0.0455. The zero-order valence-electron chi connectivity index (χ0n) is 15.8. The number of hydrogen-bond acceptors (Lipinski definition) is 7. The van der Waals surface area contributed by atoms with E-state index in [4.69, 9.17) is 14.4 Å². The molecule has 0 aliphatic carbocycles. The van der Waals surface area contributed by atoms with Crippen molar-refractivity contribution < 1.29 is 18.9 Å². The highest BCUT2D eigenvalue weighted by molar-refractivity contribution is 5.79. The molecule has 4 rings (SSSR count). The van der Waals surface area contributed by atoms with Crippen molar-refractivity contribution in [2.45, 2.75) is 6.54 Å². The molecule has 0 saturated carbocycles. The number of carbonyl (C=O) groups excluding carboxylic acids is 1. The van der Waals surface area contributed by atoms with E-state index in [2.05, 4.69) is 6.07 Å². The van der Waals surface area contributed by atoms with Gasteiger partial charge in [-0.05, 0) is 41.5 Å². The van der Waals surface area contributed by atoms with Gasteiger partial charge in [0.2, 0.25) is 0 Å². The van der Waals surface area contributed by atoms with Gasteiger partial charge >= 0.3 is 11.7 Å². The number of hydrogen-bond donors (Lipinski definition) is 0. The number of nitrogens with zero attached hydrogens (tertiary/aromatic N) is 3. The fourth-order valence-corrected chi connectivity index (χ4v) is 3.06. The Morgan fingerprint density at radius 1 is 1.06 bits per heavy atom. The summed E-state index contributed by atoms with van der Waals surface area (Å²) in [6.07, 6.45) is 0. The van der Waals surface area contributed by atoms with Crippen LogP contribution in [-0.2, 0) is 11.3 Å². The number of carbonyl (C=O) groups is 1. The van der Waals surface area contributed by atoms with E-state index in [0.717, 1.165) is 21.8 Å². The van der Waals surface area contributed by atoms with Crippen molar-refractivity contribution in [3.63, 3.8) is 0 Å². The second-order valence-corrected chi connectivity index (χ2v) is 6.55. The fourth-order valence-electron chi connectivity index (χ4n) is 3.06. The summed E-state index contributed by atoms with van der Waals surface area (Å²) in [5, 5.41) is 19.7. The Hall–Kier alpha value is -4.71. The highest BCUT2D eigenvalue weighted by Crippen LogP contribution is 2.23. The molecule has 0 saturated heterocycles. The minimum absolute atomic E-state index is 0.0127. The van der Waals surface area contributed by atoms with E-state index < -0.39 is 23.2 Å². The number of nitriles is 1. The molecule has 152 valence electrons. The first-order valence-corrected chi connectivity index (χ1v) is 9.03. The van der Waals surface area contributed by atoms with Crippen molar-refractivity contribution in [2.24, 2.45) is 0 Å². The van der Waals surface area contributed by atoms with Crippen LogP contribution >= 0.6 is 0 Å². The third kappa shape index (κ3) is 4.04. The number of oxazole rings is 1. The largest absolute Gasteiger partial charge is 0.425 e.